The molecule has 4 unspecified atom stereocenters. The van der Waals surface area contributed by atoms with E-state index in [1.807, 2.05) is 0 Å². The summed E-state index contributed by atoms with van der Waals surface area (Å²) in [6, 6.07) is -1.01. The van der Waals surface area contributed by atoms with Crippen LogP contribution in [0.1, 0.15) is 309 Å². The number of carbonyl (C=O) groups is 1. The van der Waals surface area contributed by atoms with Crippen LogP contribution in [-0.2, 0) is 4.79 Å². The molecule has 0 aromatic heterocycles. The number of nitrogens with one attached hydrogen (secondary N) is 1. The maximum absolute atomic E-state index is 12.6. The first-order valence-corrected chi connectivity index (χ1v) is 29.4. The molecule has 0 aliphatic carbocycles. The third-order valence-corrected chi connectivity index (χ3v) is 13.8. The fourth-order valence-electron chi connectivity index (χ4n) is 9.20. The highest BCUT2D eigenvalue weighted by atomic mass is 16.3. The summed E-state index contributed by atoms with van der Waals surface area (Å²) in [6.07, 6.45) is 68.0. The molecule has 0 aliphatic rings. The highest BCUT2D eigenvalue weighted by Crippen LogP contribution is 2.18. The van der Waals surface area contributed by atoms with Crippen molar-refractivity contribution in [2.24, 2.45) is 0 Å². The minimum Gasteiger partial charge on any atom is -0.394 e. The van der Waals surface area contributed by atoms with E-state index in [0.29, 0.717) is 19.3 Å². The summed E-state index contributed by atoms with van der Waals surface area (Å²) in [4.78, 5) is 12.6. The van der Waals surface area contributed by atoms with Crippen LogP contribution in [0.2, 0.25) is 0 Å². The second kappa shape index (κ2) is 54.5. The molecular weight excluding hydrogens is 815 g/mol. The van der Waals surface area contributed by atoms with Crippen LogP contribution in [0.15, 0.2) is 36.5 Å². The smallest absolute Gasteiger partial charge is 0.249 e. The fourth-order valence-corrected chi connectivity index (χ4v) is 9.20. The van der Waals surface area contributed by atoms with Gasteiger partial charge in [-0.25, -0.2) is 0 Å². The Morgan fingerprint density at radius 1 is 0.364 bits per heavy atom. The number of allylic oxidation sites excluding steroid dienone is 6. The van der Waals surface area contributed by atoms with E-state index in [4.69, 9.17) is 0 Å². The van der Waals surface area contributed by atoms with Crippen molar-refractivity contribution in [3.05, 3.63) is 36.5 Å². The molecule has 0 saturated heterocycles. The highest BCUT2D eigenvalue weighted by Gasteiger charge is 2.28. The van der Waals surface area contributed by atoms with Gasteiger partial charge in [-0.1, -0.05) is 281 Å². The number of hydrogen-bond acceptors (Lipinski definition) is 5. The molecule has 390 valence electrons. The summed E-state index contributed by atoms with van der Waals surface area (Å²) >= 11 is 0. The Kier molecular flexibility index (Phi) is 53.3. The Morgan fingerprint density at radius 3 is 0.955 bits per heavy atom. The molecule has 0 spiro atoms. The third-order valence-electron chi connectivity index (χ3n) is 13.8. The van der Waals surface area contributed by atoms with Crippen LogP contribution in [0.5, 0.6) is 0 Å². The zero-order valence-corrected chi connectivity index (χ0v) is 44.2. The lowest BCUT2D eigenvalue weighted by molar-refractivity contribution is -0.132. The van der Waals surface area contributed by atoms with Gasteiger partial charge in [-0.2, -0.15) is 0 Å². The quantitative estimate of drug-likeness (QED) is 0.0308. The Bertz CT molecular complexity index is 1040. The first kappa shape index (κ1) is 64.5. The summed E-state index contributed by atoms with van der Waals surface area (Å²) < 4.78 is 0. The molecule has 4 atom stereocenters. The maximum Gasteiger partial charge on any atom is 0.249 e. The molecule has 0 aromatic carbocycles. The van der Waals surface area contributed by atoms with E-state index in [9.17, 15) is 25.2 Å². The summed E-state index contributed by atoms with van der Waals surface area (Å²) in [5, 5.41) is 44.0. The Labute approximate surface area is 411 Å². The summed E-state index contributed by atoms with van der Waals surface area (Å²) in [7, 11) is 0. The van der Waals surface area contributed by atoms with Gasteiger partial charge in [0.2, 0.25) is 5.91 Å². The first-order valence-electron chi connectivity index (χ1n) is 29.4. The first-order chi connectivity index (χ1) is 32.5. The molecule has 1 amide bonds. The van der Waals surface area contributed by atoms with Crippen LogP contribution in [0.25, 0.3) is 0 Å². The topological polar surface area (TPSA) is 110 Å². The molecular formula is C60H115NO5. The monoisotopic (exact) mass is 930 g/mol. The molecule has 0 bridgehead atoms. The number of hydrogen-bond donors (Lipinski definition) is 5. The van der Waals surface area contributed by atoms with E-state index < -0.39 is 36.9 Å². The van der Waals surface area contributed by atoms with Gasteiger partial charge in [-0.05, 0) is 64.2 Å². The minimum atomic E-state index is -1.29. The zero-order chi connectivity index (χ0) is 48.1. The van der Waals surface area contributed by atoms with Gasteiger partial charge in [0.25, 0.3) is 0 Å². The molecule has 66 heavy (non-hydrogen) atoms. The van der Waals surface area contributed by atoms with Gasteiger partial charge in [0.15, 0.2) is 0 Å². The van der Waals surface area contributed by atoms with Crippen molar-refractivity contribution in [2.75, 3.05) is 6.61 Å². The van der Waals surface area contributed by atoms with Crippen molar-refractivity contribution in [1.82, 2.24) is 5.32 Å². The number of rotatable bonds is 54. The van der Waals surface area contributed by atoms with Crippen LogP contribution in [0.4, 0.5) is 0 Å². The van der Waals surface area contributed by atoms with E-state index in [-0.39, 0.29) is 0 Å². The third kappa shape index (κ3) is 47.6. The van der Waals surface area contributed by atoms with Crippen molar-refractivity contribution in [2.45, 2.75) is 334 Å². The Balaban J connectivity index is 3.68. The minimum absolute atomic E-state index is 0.362. The van der Waals surface area contributed by atoms with E-state index >= 15 is 0 Å². The van der Waals surface area contributed by atoms with E-state index in [1.165, 1.54) is 225 Å². The highest BCUT2D eigenvalue weighted by molar-refractivity contribution is 5.80. The second-order valence-electron chi connectivity index (χ2n) is 20.3. The predicted molar refractivity (Wildman–Crippen MR) is 288 cm³/mol. The van der Waals surface area contributed by atoms with Crippen LogP contribution < -0.4 is 5.32 Å². The predicted octanol–water partition coefficient (Wildman–Crippen LogP) is 17.2. The Morgan fingerprint density at radius 2 is 0.636 bits per heavy atom. The number of aliphatic hydroxyl groups is 4. The number of amides is 1. The van der Waals surface area contributed by atoms with Crippen LogP contribution >= 0.6 is 0 Å². The van der Waals surface area contributed by atoms with Gasteiger partial charge < -0.3 is 25.7 Å². The SMILES string of the molecule is CCCCCCCCCCCCCCCCCC/C=C/CC/C=C/CC/C=C/CCCC(O)C(O)C(CO)NC(=O)C(O)CCCCCCCCCCCCCCCCCCCCCCC. The van der Waals surface area contributed by atoms with E-state index in [2.05, 4.69) is 55.6 Å². The maximum atomic E-state index is 12.6. The van der Waals surface area contributed by atoms with Gasteiger partial charge in [-0.15, -0.1) is 0 Å². The van der Waals surface area contributed by atoms with Crippen molar-refractivity contribution in [3.63, 3.8) is 0 Å². The molecule has 0 aromatic rings. The van der Waals surface area contributed by atoms with E-state index in [0.717, 1.165) is 51.4 Å². The lowest BCUT2D eigenvalue weighted by Gasteiger charge is -2.27. The summed E-state index contributed by atoms with van der Waals surface area (Å²) in [6.45, 7) is 4.07. The van der Waals surface area contributed by atoms with Gasteiger partial charge in [0, 0.05) is 0 Å². The molecule has 6 heteroatoms. The van der Waals surface area contributed by atoms with Crippen molar-refractivity contribution in [3.8, 4) is 0 Å². The molecule has 0 fully saturated rings. The standard InChI is InChI=1S/C60H115NO5/c1-3-5-7-9-11-13-15-17-19-21-23-25-26-27-28-29-30-31-32-34-35-37-39-41-43-45-47-49-51-53-57(63)59(65)56(55-62)61-60(66)58(64)54-52-50-48-46-44-42-40-38-36-33-24-22-20-18-16-14-12-10-8-6-4-2/h31-32,37,39,45,47,56-59,62-65H,3-30,33-36,38,40-44,46,48-55H2,1-2H3,(H,61,66)/b32-31+,39-37+,47-45+. The molecule has 0 aliphatic heterocycles. The lowest BCUT2D eigenvalue weighted by Crippen LogP contribution is -2.53. The molecule has 0 heterocycles. The lowest BCUT2D eigenvalue weighted by atomic mass is 10.00. The molecule has 5 N–H and O–H groups in total. The molecule has 0 saturated carbocycles. The second-order valence-corrected chi connectivity index (χ2v) is 20.3. The average Bonchev–Trinajstić information content (AvgIpc) is 3.32. The van der Waals surface area contributed by atoms with Crippen LogP contribution in [0.3, 0.4) is 0 Å². The molecule has 0 rings (SSSR count). The number of aliphatic hydroxyl groups excluding tert-OH is 4. The Hall–Kier alpha value is -1.47. The van der Waals surface area contributed by atoms with E-state index in [1.54, 1.807) is 0 Å². The van der Waals surface area contributed by atoms with Crippen molar-refractivity contribution < 1.29 is 25.2 Å². The van der Waals surface area contributed by atoms with Crippen LogP contribution in [0, 0.1) is 0 Å². The van der Waals surface area contributed by atoms with Gasteiger partial charge in [-0.3, -0.25) is 4.79 Å². The van der Waals surface area contributed by atoms with Gasteiger partial charge in [0.05, 0.1) is 18.8 Å². The largest absolute Gasteiger partial charge is 0.394 e. The van der Waals surface area contributed by atoms with Gasteiger partial charge in [0.1, 0.15) is 12.2 Å². The molecule has 6 nitrogen and oxygen atoms in total. The van der Waals surface area contributed by atoms with Crippen LogP contribution in [-0.4, -0.2) is 57.3 Å². The number of unbranched alkanes of at least 4 members (excludes halogenated alkanes) is 39. The summed E-state index contributed by atoms with van der Waals surface area (Å²) in [5.74, 6) is -0.595. The van der Waals surface area contributed by atoms with Crippen molar-refractivity contribution in [1.29, 1.82) is 0 Å². The fraction of sp³-hybridized carbons (Fsp3) is 0.883. The molecule has 0 radical (unpaired) electrons. The summed E-state index contributed by atoms with van der Waals surface area (Å²) in [5.41, 5.74) is 0. The van der Waals surface area contributed by atoms with Crippen molar-refractivity contribution >= 4 is 5.91 Å². The average molecular weight is 931 g/mol. The zero-order valence-electron chi connectivity index (χ0n) is 44.2. The normalized spacial score (nSPS) is 14.0. The number of carbonyl (C=O) groups excluding carboxylic acids is 1. The van der Waals surface area contributed by atoms with Gasteiger partial charge >= 0.3 is 0 Å².